The van der Waals surface area contributed by atoms with Gasteiger partial charge in [-0.15, -0.1) is 11.3 Å². The van der Waals surface area contributed by atoms with Crippen LogP contribution in [0.15, 0.2) is 29.6 Å². The highest BCUT2D eigenvalue weighted by atomic mass is 32.1. The molecule has 1 aromatic heterocycles. The fourth-order valence-electron chi connectivity index (χ4n) is 2.38. The molecule has 0 nitrogen and oxygen atoms in total. The molecule has 85 valence electrons. The van der Waals surface area contributed by atoms with E-state index in [0.29, 0.717) is 0 Å². The maximum atomic E-state index is 2.32. The molecule has 0 N–H and O–H groups in total. The Hall–Kier alpha value is -1.34. The average Bonchev–Trinajstić information content (AvgIpc) is 2.83. The summed E-state index contributed by atoms with van der Waals surface area (Å²) in [4.78, 5) is 1.43. The monoisotopic (exact) mass is 239 g/mol. The lowest BCUT2D eigenvalue weighted by Gasteiger charge is -2.10. The minimum Gasteiger partial charge on any atom is -0.144 e. The molecule has 0 saturated carbocycles. The van der Waals surface area contributed by atoms with Crippen molar-refractivity contribution in [1.29, 1.82) is 0 Å². The van der Waals surface area contributed by atoms with Gasteiger partial charge in [-0.1, -0.05) is 31.2 Å². The largest absolute Gasteiger partial charge is 0.144 e. The van der Waals surface area contributed by atoms with E-state index < -0.39 is 0 Å². The van der Waals surface area contributed by atoms with Gasteiger partial charge in [-0.2, -0.15) is 0 Å². The third kappa shape index (κ3) is 1.57. The van der Waals surface area contributed by atoms with E-state index in [-0.39, 0.29) is 0 Å². The molecule has 0 atom stereocenters. The van der Waals surface area contributed by atoms with Crippen LogP contribution in [0, 0.1) is 19.8 Å². The van der Waals surface area contributed by atoms with Gasteiger partial charge in [-0.25, -0.2) is 0 Å². The lowest BCUT2D eigenvalue weighted by atomic mass is 9.95. The van der Waals surface area contributed by atoms with Crippen molar-refractivity contribution in [2.75, 3.05) is 0 Å². The van der Waals surface area contributed by atoms with Crippen LogP contribution in [-0.4, -0.2) is 0 Å². The number of hydrogen-bond donors (Lipinski definition) is 0. The molecule has 1 radical (unpaired) electrons. The fraction of sp³-hybridized carbons (Fsp3) is 0.188. The smallest absolute Gasteiger partial charge is 0.0343 e. The van der Waals surface area contributed by atoms with E-state index in [1.54, 1.807) is 0 Å². The lowest BCUT2D eigenvalue weighted by molar-refractivity contribution is 1.28. The number of thiophene rings is 1. The van der Waals surface area contributed by atoms with Crippen LogP contribution in [0.25, 0.3) is 11.6 Å². The van der Waals surface area contributed by atoms with Crippen LogP contribution in [0.4, 0.5) is 0 Å². The summed E-state index contributed by atoms with van der Waals surface area (Å²) in [6.07, 6.45) is 2.32. The molecule has 0 aliphatic heterocycles. The number of rotatable bonds is 1. The molecule has 1 heteroatoms. The van der Waals surface area contributed by atoms with E-state index in [1.807, 2.05) is 11.3 Å². The number of fused-ring (bicyclic) bond motifs is 1. The van der Waals surface area contributed by atoms with Crippen molar-refractivity contribution in [3.05, 3.63) is 62.7 Å². The minimum atomic E-state index is 1.35. The van der Waals surface area contributed by atoms with Gasteiger partial charge in [0.2, 0.25) is 0 Å². The molecule has 1 aliphatic carbocycles. The van der Waals surface area contributed by atoms with E-state index in [1.165, 1.54) is 38.6 Å². The maximum absolute atomic E-state index is 2.32. The Morgan fingerprint density at radius 1 is 1.00 bits per heavy atom. The molecule has 0 amide bonds. The van der Waals surface area contributed by atoms with Crippen LogP contribution in [0.5, 0.6) is 0 Å². The molecule has 0 saturated heterocycles. The first-order valence-corrected chi connectivity index (χ1v) is 6.76. The zero-order chi connectivity index (χ0) is 12.0. The van der Waals surface area contributed by atoms with Crippen molar-refractivity contribution in [3.8, 4) is 0 Å². The standard InChI is InChI=1S/C16H15S/c1-10-9-17-16(11(10)2)15-8-13-6-4-5-7-14(13)12(15)3/h4-9H,1-3H3. The molecule has 1 aliphatic rings. The molecule has 1 aromatic carbocycles. The predicted octanol–water partition coefficient (Wildman–Crippen LogP) is 4.86. The van der Waals surface area contributed by atoms with Gasteiger partial charge >= 0.3 is 0 Å². The van der Waals surface area contributed by atoms with Gasteiger partial charge in [0.25, 0.3) is 0 Å². The van der Waals surface area contributed by atoms with Crippen molar-refractivity contribution in [2.24, 2.45) is 0 Å². The fourth-order valence-corrected chi connectivity index (χ4v) is 3.53. The third-order valence-corrected chi connectivity index (χ3v) is 4.83. The van der Waals surface area contributed by atoms with Crippen molar-refractivity contribution < 1.29 is 0 Å². The number of aryl methyl sites for hydroxylation is 1. The molecule has 0 fully saturated rings. The predicted molar refractivity (Wildman–Crippen MR) is 76.1 cm³/mol. The van der Waals surface area contributed by atoms with Gasteiger partial charge in [-0.05, 0) is 53.1 Å². The summed E-state index contributed by atoms with van der Waals surface area (Å²) in [5, 5.41) is 2.25. The van der Waals surface area contributed by atoms with E-state index in [4.69, 9.17) is 0 Å². The Labute approximate surface area is 107 Å². The Morgan fingerprint density at radius 3 is 2.41 bits per heavy atom. The van der Waals surface area contributed by atoms with Gasteiger partial charge in [0.15, 0.2) is 0 Å². The number of hydrogen-bond acceptors (Lipinski definition) is 1. The van der Waals surface area contributed by atoms with Crippen LogP contribution >= 0.6 is 11.3 Å². The van der Waals surface area contributed by atoms with Gasteiger partial charge < -0.3 is 0 Å². The van der Waals surface area contributed by atoms with Crippen molar-refractivity contribution in [3.63, 3.8) is 0 Å². The molecule has 3 rings (SSSR count). The number of allylic oxidation sites excluding steroid dienone is 1. The Bertz CT molecular complexity index is 602. The van der Waals surface area contributed by atoms with Crippen LogP contribution in [-0.2, 0) is 0 Å². The van der Waals surface area contributed by atoms with Crippen molar-refractivity contribution in [2.45, 2.75) is 20.8 Å². The first-order valence-electron chi connectivity index (χ1n) is 5.88. The molecular weight excluding hydrogens is 224 g/mol. The third-order valence-electron chi connectivity index (χ3n) is 3.60. The number of benzene rings is 1. The van der Waals surface area contributed by atoms with Gasteiger partial charge in [-0.3, -0.25) is 0 Å². The first-order chi connectivity index (χ1) is 8.18. The van der Waals surface area contributed by atoms with Gasteiger partial charge in [0.05, 0.1) is 0 Å². The molecule has 0 unspecified atom stereocenters. The van der Waals surface area contributed by atoms with Crippen molar-refractivity contribution in [1.82, 2.24) is 0 Å². The SMILES string of the molecule is C[C]1C(c2scc(C)c2C)=Cc2ccccc21. The lowest BCUT2D eigenvalue weighted by Crippen LogP contribution is -1.93. The van der Waals surface area contributed by atoms with Gasteiger partial charge in [0, 0.05) is 10.8 Å². The quantitative estimate of drug-likeness (QED) is 0.666. The van der Waals surface area contributed by atoms with E-state index >= 15 is 0 Å². The molecular formula is C16H15S. The molecule has 0 bridgehead atoms. The summed E-state index contributed by atoms with van der Waals surface area (Å²) in [7, 11) is 0. The van der Waals surface area contributed by atoms with Gasteiger partial charge in [0.1, 0.15) is 0 Å². The summed E-state index contributed by atoms with van der Waals surface area (Å²) in [5.74, 6) is 1.41. The Kier molecular flexibility index (Phi) is 2.44. The Balaban J connectivity index is 2.12. The van der Waals surface area contributed by atoms with Crippen LogP contribution in [0.2, 0.25) is 0 Å². The normalized spacial score (nSPS) is 14.9. The maximum Gasteiger partial charge on any atom is 0.0343 e. The molecule has 17 heavy (non-hydrogen) atoms. The summed E-state index contributed by atoms with van der Waals surface area (Å²) in [5.41, 5.74) is 6.96. The van der Waals surface area contributed by atoms with E-state index in [0.717, 1.165) is 0 Å². The van der Waals surface area contributed by atoms with Crippen LogP contribution in [0.1, 0.15) is 34.1 Å². The zero-order valence-electron chi connectivity index (χ0n) is 10.4. The van der Waals surface area contributed by atoms with Crippen molar-refractivity contribution >= 4 is 23.0 Å². The Morgan fingerprint density at radius 2 is 1.76 bits per heavy atom. The summed E-state index contributed by atoms with van der Waals surface area (Å²) in [6.45, 7) is 6.64. The molecule has 0 spiro atoms. The second-order valence-electron chi connectivity index (χ2n) is 4.64. The molecule has 1 heterocycles. The highest BCUT2D eigenvalue weighted by molar-refractivity contribution is 7.11. The first kappa shape index (κ1) is 10.8. The van der Waals surface area contributed by atoms with Crippen LogP contribution < -0.4 is 0 Å². The van der Waals surface area contributed by atoms with Crippen LogP contribution in [0.3, 0.4) is 0 Å². The zero-order valence-corrected chi connectivity index (χ0v) is 11.2. The minimum absolute atomic E-state index is 1.35. The second kappa shape index (κ2) is 3.85. The van der Waals surface area contributed by atoms with E-state index in [9.17, 15) is 0 Å². The summed E-state index contributed by atoms with van der Waals surface area (Å²) in [6, 6.07) is 8.63. The average molecular weight is 239 g/mol. The second-order valence-corrected chi connectivity index (χ2v) is 5.52. The molecule has 2 aromatic rings. The van der Waals surface area contributed by atoms with E-state index in [2.05, 4.69) is 56.5 Å². The highest BCUT2D eigenvalue weighted by Gasteiger charge is 2.24. The highest BCUT2D eigenvalue weighted by Crippen LogP contribution is 2.43. The summed E-state index contributed by atoms with van der Waals surface area (Å²) >= 11 is 1.86. The summed E-state index contributed by atoms with van der Waals surface area (Å²) < 4.78 is 0. The topological polar surface area (TPSA) is 0 Å².